The number of amides is 1. The summed E-state index contributed by atoms with van der Waals surface area (Å²) in [6.07, 6.45) is 0. The molecule has 37 heavy (non-hydrogen) atoms. The summed E-state index contributed by atoms with van der Waals surface area (Å²) >= 11 is 7.57. The fraction of sp³-hybridized carbons (Fsp3) is 0.103. The largest absolute Gasteiger partial charge is 0.454 e. The zero-order valence-electron chi connectivity index (χ0n) is 19.9. The number of thiazole rings is 1. The molecule has 0 bridgehead atoms. The highest BCUT2D eigenvalue weighted by Crippen LogP contribution is 2.34. The number of rotatable bonds is 8. The van der Waals surface area contributed by atoms with Crippen LogP contribution in [-0.2, 0) is 13.1 Å². The monoisotopic (exact) mass is 531 g/mol. The van der Waals surface area contributed by atoms with Crippen LogP contribution in [0.5, 0.6) is 0 Å². The van der Waals surface area contributed by atoms with Gasteiger partial charge in [-0.3, -0.25) is 4.79 Å². The van der Waals surface area contributed by atoms with Gasteiger partial charge in [-0.15, -0.1) is 11.3 Å². The Bertz CT molecular complexity index is 1510. The molecular formula is C29H23ClFN3O2S. The summed E-state index contributed by atoms with van der Waals surface area (Å²) in [6, 6.07) is 25.2. The molecule has 2 heterocycles. The van der Waals surface area contributed by atoms with E-state index in [4.69, 9.17) is 21.0 Å². The molecule has 0 fully saturated rings. The van der Waals surface area contributed by atoms with Crippen LogP contribution in [0.1, 0.15) is 27.4 Å². The van der Waals surface area contributed by atoms with Gasteiger partial charge in [0.25, 0.3) is 5.91 Å². The summed E-state index contributed by atoms with van der Waals surface area (Å²) in [5.74, 6) is 0.181. The lowest BCUT2D eigenvalue weighted by Gasteiger charge is -2.21. The zero-order chi connectivity index (χ0) is 25.8. The van der Waals surface area contributed by atoms with Gasteiger partial charge in [0.05, 0.1) is 12.2 Å². The third kappa shape index (κ3) is 6.07. The Morgan fingerprint density at radius 3 is 2.59 bits per heavy atom. The van der Waals surface area contributed by atoms with Crippen molar-refractivity contribution in [3.8, 4) is 11.3 Å². The van der Waals surface area contributed by atoms with Crippen molar-refractivity contribution in [2.45, 2.75) is 20.0 Å². The fourth-order valence-corrected chi connectivity index (χ4v) is 4.80. The predicted molar refractivity (Wildman–Crippen MR) is 146 cm³/mol. The molecule has 186 valence electrons. The molecule has 0 spiro atoms. The number of furan rings is 1. The molecule has 5 nitrogen and oxygen atoms in total. The summed E-state index contributed by atoms with van der Waals surface area (Å²) in [4.78, 5) is 19.6. The summed E-state index contributed by atoms with van der Waals surface area (Å²) in [5, 5.41) is 6.30. The Labute approximate surface area is 223 Å². The maximum atomic E-state index is 13.1. The van der Waals surface area contributed by atoms with Gasteiger partial charge in [0, 0.05) is 28.2 Å². The molecular weight excluding hydrogens is 509 g/mol. The van der Waals surface area contributed by atoms with Crippen molar-refractivity contribution in [1.29, 1.82) is 0 Å². The van der Waals surface area contributed by atoms with Crippen molar-refractivity contribution in [2.75, 3.05) is 4.90 Å². The van der Waals surface area contributed by atoms with E-state index in [2.05, 4.69) is 16.3 Å². The highest BCUT2D eigenvalue weighted by Gasteiger charge is 2.19. The van der Waals surface area contributed by atoms with Crippen molar-refractivity contribution in [3.05, 3.63) is 124 Å². The van der Waals surface area contributed by atoms with Crippen molar-refractivity contribution >= 4 is 39.7 Å². The van der Waals surface area contributed by atoms with Gasteiger partial charge >= 0.3 is 0 Å². The molecule has 0 radical (unpaired) electrons. The van der Waals surface area contributed by atoms with E-state index in [0.717, 1.165) is 33.2 Å². The average Bonchev–Trinajstić information content (AvgIpc) is 3.57. The number of hydrogen-bond acceptors (Lipinski definition) is 5. The third-order valence-electron chi connectivity index (χ3n) is 5.74. The number of hydrogen-bond donors (Lipinski definition) is 1. The molecule has 0 unspecified atom stereocenters. The molecule has 5 aromatic rings. The minimum atomic E-state index is -0.336. The number of nitrogens with one attached hydrogen (secondary N) is 1. The third-order valence-corrected chi connectivity index (χ3v) is 6.86. The summed E-state index contributed by atoms with van der Waals surface area (Å²) in [5.41, 5.74) is 4.73. The van der Waals surface area contributed by atoms with Crippen molar-refractivity contribution in [2.24, 2.45) is 0 Å². The van der Waals surface area contributed by atoms with Crippen LogP contribution in [0.4, 0.5) is 15.2 Å². The molecule has 1 amide bonds. The van der Waals surface area contributed by atoms with E-state index in [0.29, 0.717) is 17.3 Å². The Morgan fingerprint density at radius 1 is 1.05 bits per heavy atom. The number of carbonyl (C=O) groups excluding carboxylic acids is 1. The molecule has 0 aliphatic carbocycles. The lowest BCUT2D eigenvalue weighted by Crippen LogP contribution is -2.22. The molecule has 3 aromatic carbocycles. The minimum absolute atomic E-state index is 0.210. The quantitative estimate of drug-likeness (QED) is 0.222. The predicted octanol–water partition coefficient (Wildman–Crippen LogP) is 7.77. The standard InChI is InChI=1S/C29H23ClFN3O2S/c1-19-3-2-4-24(15-19)34(29-33-26(18-37-29)21-7-9-22(30)10-8-21)17-25-13-14-27(36-25)28(35)32-16-20-5-11-23(31)12-6-20/h2-15,18H,16-17H2,1H3,(H,32,35). The van der Waals surface area contributed by atoms with Gasteiger partial charge in [0.15, 0.2) is 10.9 Å². The Morgan fingerprint density at radius 2 is 1.84 bits per heavy atom. The number of carbonyl (C=O) groups is 1. The number of aryl methyl sites for hydroxylation is 1. The van der Waals surface area contributed by atoms with Crippen molar-refractivity contribution in [1.82, 2.24) is 10.3 Å². The first-order valence-corrected chi connectivity index (χ1v) is 12.9. The molecule has 0 aliphatic rings. The number of benzene rings is 3. The molecule has 0 aliphatic heterocycles. The van der Waals surface area contributed by atoms with Crippen molar-refractivity contribution < 1.29 is 13.6 Å². The van der Waals surface area contributed by atoms with Gasteiger partial charge in [-0.1, -0.05) is 48.0 Å². The number of halogens is 2. The second-order valence-corrected chi connectivity index (χ2v) is 9.80. The van der Waals surface area contributed by atoms with Gasteiger partial charge in [-0.2, -0.15) is 0 Å². The van der Waals surface area contributed by atoms with Crippen LogP contribution in [0.3, 0.4) is 0 Å². The number of anilines is 2. The van der Waals surface area contributed by atoms with Crippen molar-refractivity contribution in [3.63, 3.8) is 0 Å². The maximum Gasteiger partial charge on any atom is 0.287 e. The van der Waals surface area contributed by atoms with Gasteiger partial charge in [-0.05, 0) is 66.6 Å². The maximum absolute atomic E-state index is 13.1. The lowest BCUT2D eigenvalue weighted by molar-refractivity contribution is 0.0921. The second kappa shape index (κ2) is 11.0. The van der Waals surface area contributed by atoms with E-state index in [9.17, 15) is 9.18 Å². The molecule has 0 saturated carbocycles. The van der Waals surface area contributed by atoms with Crippen LogP contribution in [0, 0.1) is 12.7 Å². The highest BCUT2D eigenvalue weighted by molar-refractivity contribution is 7.14. The molecule has 0 atom stereocenters. The minimum Gasteiger partial charge on any atom is -0.454 e. The van der Waals surface area contributed by atoms with Gasteiger partial charge < -0.3 is 14.6 Å². The molecule has 8 heteroatoms. The summed E-state index contributed by atoms with van der Waals surface area (Å²) in [6.45, 7) is 2.71. The fourth-order valence-electron chi connectivity index (χ4n) is 3.82. The molecule has 5 rings (SSSR count). The van der Waals surface area contributed by atoms with Gasteiger partial charge in [0.1, 0.15) is 11.6 Å². The second-order valence-electron chi connectivity index (χ2n) is 8.52. The zero-order valence-corrected chi connectivity index (χ0v) is 21.5. The Balaban J connectivity index is 1.35. The van der Waals surface area contributed by atoms with Crippen LogP contribution < -0.4 is 10.2 Å². The van der Waals surface area contributed by atoms with Gasteiger partial charge in [-0.25, -0.2) is 9.37 Å². The van der Waals surface area contributed by atoms with Crippen LogP contribution >= 0.6 is 22.9 Å². The molecule has 1 N–H and O–H groups in total. The van der Waals surface area contributed by atoms with E-state index < -0.39 is 0 Å². The highest BCUT2D eigenvalue weighted by atomic mass is 35.5. The first-order chi connectivity index (χ1) is 17.9. The van der Waals surface area contributed by atoms with E-state index in [-0.39, 0.29) is 24.0 Å². The molecule has 0 saturated heterocycles. The van der Waals surface area contributed by atoms with E-state index in [1.165, 1.54) is 23.5 Å². The summed E-state index contributed by atoms with van der Waals surface area (Å²) < 4.78 is 19.0. The number of nitrogens with zero attached hydrogens (tertiary/aromatic N) is 2. The summed E-state index contributed by atoms with van der Waals surface area (Å²) in [7, 11) is 0. The van der Waals surface area contributed by atoms with Crippen LogP contribution in [0.2, 0.25) is 5.02 Å². The average molecular weight is 532 g/mol. The SMILES string of the molecule is Cc1cccc(N(Cc2ccc(C(=O)NCc3ccc(F)cc3)o2)c2nc(-c3ccc(Cl)cc3)cs2)c1. The molecule has 2 aromatic heterocycles. The van der Waals surface area contributed by atoms with Crippen LogP contribution in [-0.4, -0.2) is 10.9 Å². The lowest BCUT2D eigenvalue weighted by atomic mass is 10.2. The first-order valence-electron chi connectivity index (χ1n) is 11.6. The Kier molecular flexibility index (Phi) is 7.35. The smallest absolute Gasteiger partial charge is 0.287 e. The first kappa shape index (κ1) is 24.7. The van der Waals surface area contributed by atoms with E-state index in [1.54, 1.807) is 24.3 Å². The van der Waals surface area contributed by atoms with E-state index in [1.807, 2.05) is 54.8 Å². The van der Waals surface area contributed by atoms with E-state index >= 15 is 0 Å². The Hall–Kier alpha value is -3.94. The topological polar surface area (TPSA) is 58.4 Å². The normalized spacial score (nSPS) is 10.9. The van der Waals surface area contributed by atoms with Crippen LogP contribution in [0.25, 0.3) is 11.3 Å². The number of aromatic nitrogens is 1. The van der Waals surface area contributed by atoms with Gasteiger partial charge in [0.2, 0.25) is 0 Å². The van der Waals surface area contributed by atoms with Crippen LogP contribution in [0.15, 0.2) is 94.7 Å².